The number of halogens is 1. The van der Waals surface area contributed by atoms with Crippen LogP contribution in [0.2, 0.25) is 0 Å². The minimum Gasteiger partial charge on any atom is -1.00 e. The first-order valence-corrected chi connectivity index (χ1v) is 9.28. The highest BCUT2D eigenvalue weighted by Crippen LogP contribution is 2.39. The van der Waals surface area contributed by atoms with Crippen LogP contribution in [-0.2, 0) is 4.74 Å². The maximum atomic E-state index is 12.4. The van der Waals surface area contributed by atoms with Gasteiger partial charge in [-0.1, -0.05) is 30.3 Å². The molecule has 25 heavy (non-hydrogen) atoms. The van der Waals surface area contributed by atoms with E-state index in [9.17, 15) is 4.79 Å². The van der Waals surface area contributed by atoms with Crippen LogP contribution in [0.1, 0.15) is 19.3 Å². The summed E-state index contributed by atoms with van der Waals surface area (Å²) in [6.45, 7) is 3.29. The molecule has 0 spiro atoms. The quantitative estimate of drug-likeness (QED) is 0.740. The van der Waals surface area contributed by atoms with E-state index in [1.54, 1.807) is 5.51 Å². The van der Waals surface area contributed by atoms with Crippen molar-refractivity contribution in [1.29, 1.82) is 0 Å². The van der Waals surface area contributed by atoms with Gasteiger partial charge < -0.3 is 26.2 Å². The molecule has 0 unspecified atom stereocenters. The third-order valence-corrected chi connectivity index (χ3v) is 6.33. The molecule has 1 amide bonds. The Kier molecular flexibility index (Phi) is 5.18. The van der Waals surface area contributed by atoms with Crippen molar-refractivity contribution < 1.29 is 31.0 Å². The summed E-state index contributed by atoms with van der Waals surface area (Å²) in [5.41, 5.74) is 2.53. The number of hydrogen-bond acceptors (Lipinski definition) is 4. The van der Waals surface area contributed by atoms with Crippen LogP contribution in [0, 0.1) is 0 Å². The minimum atomic E-state index is -0.379. The number of fused-ring (bicyclic) bond motifs is 3. The van der Waals surface area contributed by atoms with Gasteiger partial charge in [0.25, 0.3) is 0 Å². The minimum absolute atomic E-state index is 0. The van der Waals surface area contributed by atoms with Crippen LogP contribution >= 0.6 is 11.3 Å². The van der Waals surface area contributed by atoms with E-state index in [1.165, 1.54) is 11.3 Å². The molecule has 0 atom stereocenters. The van der Waals surface area contributed by atoms with Gasteiger partial charge in [0.2, 0.25) is 0 Å². The lowest BCUT2D eigenvalue weighted by molar-refractivity contribution is -0.926. The van der Waals surface area contributed by atoms with Crippen molar-refractivity contribution in [3.63, 3.8) is 0 Å². The van der Waals surface area contributed by atoms with Gasteiger partial charge in [-0.05, 0) is 5.56 Å². The summed E-state index contributed by atoms with van der Waals surface area (Å²) in [4.78, 5) is 17.7. The van der Waals surface area contributed by atoms with Gasteiger partial charge in [0.05, 0.1) is 37.1 Å². The number of carbonyl (C=O) groups is 1. The Bertz CT molecular complexity index is 725. The number of aromatic nitrogens is 1. The van der Waals surface area contributed by atoms with Crippen LogP contribution in [0.5, 0.6) is 0 Å². The van der Waals surface area contributed by atoms with Crippen LogP contribution in [0.25, 0.3) is 10.4 Å². The molecule has 1 aromatic heterocycles. The summed E-state index contributed by atoms with van der Waals surface area (Å²) < 4.78 is 7.00. The molecule has 5 rings (SSSR count). The van der Waals surface area contributed by atoms with Gasteiger partial charge in [-0.3, -0.25) is 5.32 Å². The van der Waals surface area contributed by atoms with Crippen LogP contribution in [0.4, 0.5) is 10.6 Å². The molecule has 3 fully saturated rings. The van der Waals surface area contributed by atoms with Crippen LogP contribution in [0.3, 0.4) is 0 Å². The highest BCUT2D eigenvalue weighted by molar-refractivity contribution is 7.13. The van der Waals surface area contributed by atoms with Gasteiger partial charge in [-0.25, -0.2) is 9.78 Å². The fraction of sp³-hybridized carbons (Fsp3) is 0.444. The van der Waals surface area contributed by atoms with Crippen LogP contribution in [0.15, 0.2) is 35.8 Å². The first kappa shape index (κ1) is 18.4. The first-order chi connectivity index (χ1) is 11.6. The van der Waals surface area contributed by atoms with E-state index in [4.69, 9.17) is 4.74 Å². The van der Waals surface area contributed by atoms with Gasteiger partial charge in [-0.2, -0.15) is 0 Å². The van der Waals surface area contributed by atoms with Crippen LogP contribution < -0.4 is 22.3 Å². The number of nitrogens with zero attached hydrogens (tertiary/aromatic N) is 2. The third-order valence-electron chi connectivity index (χ3n) is 5.45. The SMILES string of the molecule is C[N+]12CCC(OC(=O)Nc3ncsc3-c3ccccc3)(CC1)CC2.[Br-]. The maximum Gasteiger partial charge on any atom is 0.413 e. The second-order valence-electron chi connectivity index (χ2n) is 7.13. The molecular weight excluding hydrogens is 402 g/mol. The largest absolute Gasteiger partial charge is 1.00 e. The Morgan fingerprint density at radius 3 is 2.48 bits per heavy atom. The highest BCUT2D eigenvalue weighted by atomic mass is 79.9. The number of nitrogens with one attached hydrogen (secondary N) is 1. The molecule has 1 aromatic carbocycles. The average molecular weight is 424 g/mol. The fourth-order valence-corrected chi connectivity index (χ4v) is 4.48. The van der Waals surface area contributed by atoms with E-state index in [0.717, 1.165) is 53.8 Å². The zero-order valence-corrected chi connectivity index (χ0v) is 16.6. The van der Waals surface area contributed by atoms with Crippen molar-refractivity contribution in [3.05, 3.63) is 35.8 Å². The topological polar surface area (TPSA) is 51.2 Å². The molecule has 134 valence electrons. The van der Waals surface area contributed by atoms with E-state index in [1.807, 2.05) is 30.3 Å². The molecule has 3 aliphatic rings. The van der Waals surface area contributed by atoms with Crippen molar-refractivity contribution in [2.75, 3.05) is 32.0 Å². The Morgan fingerprint density at radius 2 is 1.84 bits per heavy atom. The molecule has 3 aliphatic heterocycles. The maximum absolute atomic E-state index is 12.4. The zero-order valence-electron chi connectivity index (χ0n) is 14.2. The normalized spacial score (nSPS) is 27.4. The van der Waals surface area contributed by atoms with Crippen molar-refractivity contribution in [1.82, 2.24) is 4.98 Å². The molecule has 5 nitrogen and oxygen atoms in total. The lowest BCUT2D eigenvalue weighted by Gasteiger charge is -2.51. The number of carbonyl (C=O) groups excluding carboxylic acids is 1. The summed E-state index contributed by atoms with van der Waals surface area (Å²) in [5, 5.41) is 2.86. The molecule has 0 aliphatic carbocycles. The van der Waals surface area contributed by atoms with Crippen molar-refractivity contribution in [2.24, 2.45) is 0 Å². The molecule has 0 radical (unpaired) electrons. The molecule has 3 saturated heterocycles. The Hall–Kier alpha value is -1.44. The molecule has 2 aromatic rings. The summed E-state index contributed by atoms with van der Waals surface area (Å²) in [7, 11) is 2.30. The van der Waals surface area contributed by atoms with Crippen molar-refractivity contribution in [2.45, 2.75) is 24.9 Å². The van der Waals surface area contributed by atoms with E-state index in [0.29, 0.717) is 5.82 Å². The van der Waals surface area contributed by atoms with Crippen molar-refractivity contribution in [3.8, 4) is 10.4 Å². The number of anilines is 1. The third kappa shape index (κ3) is 3.73. The standard InChI is InChI=1S/C18H21N3O2S.BrH/c1-21-10-7-18(8-11-21,9-12-21)23-17(22)20-16-15(24-13-19-16)14-5-3-2-4-6-14;/h2-6,13H,7-12H2,1H3;1H. The molecule has 2 bridgehead atoms. The summed E-state index contributed by atoms with van der Waals surface area (Å²) >= 11 is 1.52. The predicted molar refractivity (Wildman–Crippen MR) is 95.0 cm³/mol. The molecule has 4 heterocycles. The van der Waals surface area contributed by atoms with Gasteiger partial charge in [-0.15, -0.1) is 11.3 Å². The molecule has 0 saturated carbocycles. The lowest BCUT2D eigenvalue weighted by atomic mass is 9.81. The smallest absolute Gasteiger partial charge is 0.413 e. The number of hydrogen-bond donors (Lipinski definition) is 1. The van der Waals surface area contributed by atoms with Gasteiger partial charge in [0.1, 0.15) is 5.60 Å². The second-order valence-corrected chi connectivity index (χ2v) is 7.99. The second kappa shape index (κ2) is 7.05. The number of amides is 1. The Labute approximate surface area is 162 Å². The van der Waals surface area contributed by atoms with E-state index in [2.05, 4.69) is 17.3 Å². The number of quaternary nitrogens is 1. The monoisotopic (exact) mass is 423 g/mol. The molecular formula is C18H22BrN3O2S. The fourth-order valence-electron chi connectivity index (χ4n) is 3.73. The van der Waals surface area contributed by atoms with Gasteiger partial charge >= 0.3 is 6.09 Å². The average Bonchev–Trinajstić information content (AvgIpc) is 3.05. The van der Waals surface area contributed by atoms with Crippen LogP contribution in [-0.4, -0.2) is 47.8 Å². The number of thiazole rings is 1. The molecule has 1 N–H and O–H groups in total. The highest BCUT2D eigenvalue weighted by Gasteiger charge is 2.49. The lowest BCUT2D eigenvalue weighted by Crippen LogP contribution is -3.00. The summed E-state index contributed by atoms with van der Waals surface area (Å²) in [6.07, 6.45) is 2.49. The van der Waals surface area contributed by atoms with Crippen molar-refractivity contribution >= 4 is 23.2 Å². The Morgan fingerprint density at radius 1 is 1.20 bits per heavy atom. The number of benzene rings is 1. The number of rotatable bonds is 3. The Balaban J connectivity index is 0.00000182. The summed E-state index contributed by atoms with van der Waals surface area (Å²) in [6, 6.07) is 9.97. The zero-order chi connectivity index (χ0) is 16.6. The van der Waals surface area contributed by atoms with E-state index < -0.39 is 0 Å². The van der Waals surface area contributed by atoms with E-state index in [-0.39, 0.29) is 28.7 Å². The predicted octanol–water partition coefficient (Wildman–Crippen LogP) is 0.745. The van der Waals surface area contributed by atoms with Gasteiger partial charge in [0.15, 0.2) is 5.82 Å². The summed E-state index contributed by atoms with van der Waals surface area (Å²) in [5.74, 6) is 0.583. The first-order valence-electron chi connectivity index (χ1n) is 8.40. The molecule has 7 heteroatoms. The van der Waals surface area contributed by atoms with Gasteiger partial charge in [0, 0.05) is 19.3 Å². The number of piperidine rings is 3. The van der Waals surface area contributed by atoms with E-state index >= 15 is 0 Å². The number of ether oxygens (including phenoxy) is 1.